The predicted octanol–water partition coefficient (Wildman–Crippen LogP) is 1.71. The molecule has 1 fully saturated rings. The van der Waals surface area contributed by atoms with Crippen molar-refractivity contribution >= 4 is 46.8 Å². The van der Waals surface area contributed by atoms with E-state index < -0.39 is 5.97 Å². The van der Waals surface area contributed by atoms with Crippen molar-refractivity contribution in [3.63, 3.8) is 0 Å². The molecule has 1 aromatic heterocycles. The van der Waals surface area contributed by atoms with Crippen molar-refractivity contribution in [2.24, 2.45) is 0 Å². The second-order valence-corrected chi connectivity index (χ2v) is 6.55. The van der Waals surface area contributed by atoms with Crippen LogP contribution in [0.1, 0.15) is 19.3 Å². The highest BCUT2D eigenvalue weighted by atomic mass is 32.2. The molecule has 0 saturated carbocycles. The molecule has 1 aliphatic heterocycles. The quantitative estimate of drug-likeness (QED) is 0.840. The maximum absolute atomic E-state index is 12.1. The fraction of sp³-hybridized carbons (Fsp3) is 0.444. The molecule has 92 valence electrons. The van der Waals surface area contributed by atoms with Crippen molar-refractivity contribution in [2.45, 2.75) is 0 Å². The van der Waals surface area contributed by atoms with Gasteiger partial charge in [0.25, 0.3) is 5.91 Å². The second-order valence-electron chi connectivity index (χ2n) is 3.32. The number of amides is 1. The van der Waals surface area contributed by atoms with Gasteiger partial charge in [-0.15, -0.1) is 22.7 Å². The Kier molecular flexibility index (Phi) is 3.87. The molecule has 5 nitrogen and oxygen atoms in total. The first-order chi connectivity index (χ1) is 8.09. The molecule has 0 bridgehead atoms. The van der Waals surface area contributed by atoms with Crippen molar-refractivity contribution in [3.8, 4) is 0 Å². The highest BCUT2D eigenvalue weighted by Crippen LogP contribution is 2.26. The van der Waals surface area contributed by atoms with Crippen molar-refractivity contribution in [1.82, 2.24) is 4.90 Å². The maximum atomic E-state index is 12.1. The first-order valence-electron chi connectivity index (χ1n) is 4.84. The van der Waals surface area contributed by atoms with Gasteiger partial charge in [0, 0.05) is 13.1 Å². The number of morpholine rings is 1. The summed E-state index contributed by atoms with van der Waals surface area (Å²) in [5.74, 6) is -1.36. The molecule has 1 aromatic rings. The van der Waals surface area contributed by atoms with Gasteiger partial charge in [0.15, 0.2) is 0 Å². The number of hydrogen-bond acceptors (Lipinski definition) is 6. The van der Waals surface area contributed by atoms with Crippen LogP contribution in [0.2, 0.25) is 0 Å². The van der Waals surface area contributed by atoms with Gasteiger partial charge in [0.05, 0.1) is 13.2 Å². The maximum Gasteiger partial charge on any atom is 0.347 e. The third-order valence-electron chi connectivity index (χ3n) is 2.26. The standard InChI is InChI=1S/C9H9NO4S3/c11-7(10-1-3-14-4-2-10)5-6(8(12)13)17-9(15)16-5/h1-4H2,(H,12,13). The van der Waals surface area contributed by atoms with E-state index in [-0.39, 0.29) is 15.7 Å². The first-order valence-corrected chi connectivity index (χ1v) is 6.88. The Morgan fingerprint density at radius 3 is 2.41 bits per heavy atom. The normalized spacial score (nSPS) is 15.9. The van der Waals surface area contributed by atoms with E-state index in [1.165, 1.54) is 0 Å². The average molecular weight is 291 g/mol. The van der Waals surface area contributed by atoms with E-state index in [1.54, 1.807) is 4.90 Å². The molecule has 17 heavy (non-hydrogen) atoms. The number of carboxylic acids is 1. The number of ether oxygens (including phenoxy) is 1. The van der Waals surface area contributed by atoms with Crippen LogP contribution in [0, 0.1) is 3.14 Å². The number of rotatable bonds is 2. The second kappa shape index (κ2) is 5.21. The van der Waals surface area contributed by atoms with Crippen molar-refractivity contribution < 1.29 is 19.4 Å². The zero-order chi connectivity index (χ0) is 12.4. The van der Waals surface area contributed by atoms with Crippen LogP contribution in [0.15, 0.2) is 0 Å². The Morgan fingerprint density at radius 2 is 1.82 bits per heavy atom. The molecule has 1 amide bonds. The molecule has 8 heteroatoms. The van der Waals surface area contributed by atoms with Crippen molar-refractivity contribution in [2.75, 3.05) is 26.3 Å². The summed E-state index contributed by atoms with van der Waals surface area (Å²) in [6.45, 7) is 1.97. The Labute approximate surface area is 110 Å². The van der Waals surface area contributed by atoms with E-state index in [1.807, 2.05) is 0 Å². The lowest BCUT2D eigenvalue weighted by Gasteiger charge is -2.26. The number of carbonyl (C=O) groups is 2. The lowest BCUT2D eigenvalue weighted by Crippen LogP contribution is -2.40. The van der Waals surface area contributed by atoms with E-state index in [0.29, 0.717) is 29.4 Å². The molecule has 2 heterocycles. The number of carboxylic acid groups (broad SMARTS) is 1. The molecular weight excluding hydrogens is 282 g/mol. The van der Waals surface area contributed by atoms with Crippen LogP contribution >= 0.6 is 34.9 Å². The lowest BCUT2D eigenvalue weighted by atomic mass is 10.3. The van der Waals surface area contributed by atoms with Crippen molar-refractivity contribution in [1.29, 1.82) is 0 Å². The van der Waals surface area contributed by atoms with Crippen LogP contribution in [-0.4, -0.2) is 48.2 Å². The molecule has 0 atom stereocenters. The summed E-state index contributed by atoms with van der Waals surface area (Å²) in [7, 11) is 0. The van der Waals surface area contributed by atoms with E-state index in [4.69, 9.17) is 22.1 Å². The third kappa shape index (κ3) is 2.71. The predicted molar refractivity (Wildman–Crippen MR) is 66.7 cm³/mol. The SMILES string of the molecule is O=C(O)c1sc(=S)sc1C(=O)N1CCOCC1. The molecule has 1 N–H and O–H groups in total. The van der Waals surface area contributed by atoms with Gasteiger partial charge in [-0.25, -0.2) is 4.79 Å². The lowest BCUT2D eigenvalue weighted by molar-refractivity contribution is 0.0304. The summed E-state index contributed by atoms with van der Waals surface area (Å²) in [5.41, 5.74) is 0. The topological polar surface area (TPSA) is 66.8 Å². The van der Waals surface area contributed by atoms with Gasteiger partial charge < -0.3 is 14.7 Å². The van der Waals surface area contributed by atoms with Gasteiger partial charge in [0.2, 0.25) is 0 Å². The summed E-state index contributed by atoms with van der Waals surface area (Å²) in [5, 5.41) is 9.00. The zero-order valence-corrected chi connectivity index (χ0v) is 11.1. The smallest absolute Gasteiger partial charge is 0.347 e. The largest absolute Gasteiger partial charge is 0.477 e. The van der Waals surface area contributed by atoms with Gasteiger partial charge in [0.1, 0.15) is 12.9 Å². The minimum atomic E-state index is -1.10. The number of carbonyl (C=O) groups excluding carboxylic acids is 1. The Morgan fingerprint density at radius 1 is 1.24 bits per heavy atom. The fourth-order valence-corrected chi connectivity index (χ4v) is 3.89. The van der Waals surface area contributed by atoms with Gasteiger partial charge in [-0.2, -0.15) is 0 Å². The van der Waals surface area contributed by atoms with Crippen LogP contribution in [-0.2, 0) is 4.74 Å². The number of aromatic carboxylic acids is 1. The summed E-state index contributed by atoms with van der Waals surface area (Å²) in [4.78, 5) is 25.0. The third-order valence-corrected chi connectivity index (χ3v) is 4.89. The summed E-state index contributed by atoms with van der Waals surface area (Å²) < 4.78 is 5.60. The Balaban J connectivity index is 2.29. The number of nitrogens with zero attached hydrogens (tertiary/aromatic N) is 1. The van der Waals surface area contributed by atoms with Gasteiger partial charge >= 0.3 is 5.97 Å². The minimum Gasteiger partial charge on any atom is -0.477 e. The fourth-order valence-electron chi connectivity index (χ4n) is 1.47. The monoisotopic (exact) mass is 291 g/mol. The molecular formula is C9H9NO4S3. The van der Waals surface area contributed by atoms with E-state index in [2.05, 4.69) is 0 Å². The average Bonchev–Trinajstić information content (AvgIpc) is 2.72. The van der Waals surface area contributed by atoms with E-state index in [9.17, 15) is 9.59 Å². The van der Waals surface area contributed by atoms with Gasteiger partial charge in [-0.05, 0) is 0 Å². The van der Waals surface area contributed by atoms with Crippen LogP contribution < -0.4 is 0 Å². The highest BCUT2D eigenvalue weighted by molar-refractivity contribution is 7.76. The molecule has 1 saturated heterocycles. The minimum absolute atomic E-state index is 0.0384. The Hall–Kier alpha value is -0.830. The first kappa shape index (κ1) is 12.6. The molecule has 0 spiro atoms. The van der Waals surface area contributed by atoms with Crippen LogP contribution in [0.3, 0.4) is 0 Å². The van der Waals surface area contributed by atoms with Crippen molar-refractivity contribution in [3.05, 3.63) is 12.9 Å². The number of hydrogen-bond donors (Lipinski definition) is 1. The van der Waals surface area contributed by atoms with E-state index in [0.717, 1.165) is 22.7 Å². The summed E-state index contributed by atoms with van der Waals surface area (Å²) >= 11 is 6.97. The van der Waals surface area contributed by atoms with Crippen LogP contribution in [0.25, 0.3) is 0 Å². The summed E-state index contributed by atoms with van der Waals surface area (Å²) in [6.07, 6.45) is 0. The molecule has 1 aliphatic rings. The van der Waals surface area contributed by atoms with Crippen LogP contribution in [0.4, 0.5) is 0 Å². The van der Waals surface area contributed by atoms with Gasteiger partial charge in [-0.1, -0.05) is 12.2 Å². The Bertz CT molecular complexity index is 501. The van der Waals surface area contributed by atoms with Crippen LogP contribution in [0.5, 0.6) is 0 Å². The summed E-state index contributed by atoms with van der Waals surface area (Å²) in [6, 6.07) is 0. The van der Waals surface area contributed by atoms with Gasteiger partial charge in [-0.3, -0.25) is 4.79 Å². The zero-order valence-electron chi connectivity index (χ0n) is 8.67. The molecule has 0 radical (unpaired) electrons. The molecule has 0 aliphatic carbocycles. The molecule has 0 aromatic carbocycles. The van der Waals surface area contributed by atoms with E-state index >= 15 is 0 Å². The highest BCUT2D eigenvalue weighted by Gasteiger charge is 2.26. The molecule has 0 unspecified atom stereocenters. The molecule has 2 rings (SSSR count).